The van der Waals surface area contributed by atoms with E-state index in [-0.39, 0.29) is 17.6 Å². The maximum atomic E-state index is 11.9. The molecule has 2 unspecified atom stereocenters. The molecule has 0 spiro atoms. The van der Waals surface area contributed by atoms with E-state index in [0.717, 1.165) is 23.2 Å². The molecule has 2 aliphatic heterocycles. The summed E-state index contributed by atoms with van der Waals surface area (Å²) in [4.78, 5) is 9.00. The SMILES string of the molecule is COc1cc(N2C(=S)NC(c3ccccn3)C2c2ccc3c(c2)C(C)=CC(C)(C)N3C)ccc1NS(C)(=O)=O. The number of fused-ring (bicyclic) bond motifs is 1. The summed E-state index contributed by atoms with van der Waals surface area (Å²) in [6.45, 7) is 6.57. The number of thiocarbonyl (C=S) groups is 1. The summed E-state index contributed by atoms with van der Waals surface area (Å²) >= 11 is 5.88. The second-order valence-electron chi connectivity index (χ2n) is 10.6. The molecule has 1 aromatic heterocycles. The molecular formula is C29H33N5O3S2. The molecule has 204 valence electrons. The standard InChI is InChI=1S/C29H33N5O3S2/c1-18-17-29(2,3)33(4)24-13-10-19(15-21(18)24)27-26(23-9-7-8-14-30-23)31-28(38)34(27)20-11-12-22(25(16-20)37-5)32-39(6,35)36/h7-17,26-27,32H,1-6H3,(H,31,38). The Labute approximate surface area is 235 Å². The van der Waals surface area contributed by atoms with Gasteiger partial charge in [-0.25, -0.2) is 8.42 Å². The Kier molecular flexibility index (Phi) is 6.80. The third-order valence-electron chi connectivity index (χ3n) is 7.44. The van der Waals surface area contributed by atoms with E-state index in [4.69, 9.17) is 17.0 Å². The minimum absolute atomic E-state index is 0.0874. The molecule has 1 fully saturated rings. The Hall–Kier alpha value is -3.63. The van der Waals surface area contributed by atoms with Crippen molar-refractivity contribution in [3.05, 3.63) is 83.7 Å². The zero-order valence-electron chi connectivity index (χ0n) is 22.9. The van der Waals surface area contributed by atoms with Crippen LogP contribution >= 0.6 is 12.2 Å². The van der Waals surface area contributed by atoms with Crippen molar-refractivity contribution >= 4 is 50.0 Å². The molecule has 5 rings (SSSR count). The second kappa shape index (κ2) is 9.84. The van der Waals surface area contributed by atoms with Gasteiger partial charge in [0.25, 0.3) is 0 Å². The molecule has 2 N–H and O–H groups in total. The summed E-state index contributed by atoms with van der Waals surface area (Å²) in [6.07, 6.45) is 5.19. The third-order valence-corrected chi connectivity index (χ3v) is 8.34. The average Bonchev–Trinajstić information content (AvgIpc) is 3.23. The van der Waals surface area contributed by atoms with Gasteiger partial charge in [-0.2, -0.15) is 0 Å². The third kappa shape index (κ3) is 5.06. The van der Waals surface area contributed by atoms with Gasteiger partial charge in [0.1, 0.15) is 5.75 Å². The second-order valence-corrected chi connectivity index (χ2v) is 12.7. The van der Waals surface area contributed by atoms with Crippen molar-refractivity contribution in [3.63, 3.8) is 0 Å². The number of nitrogens with one attached hydrogen (secondary N) is 2. The van der Waals surface area contributed by atoms with Gasteiger partial charge < -0.3 is 19.9 Å². The van der Waals surface area contributed by atoms with Crippen LogP contribution in [-0.4, -0.2) is 44.5 Å². The topological polar surface area (TPSA) is 86.8 Å². The average molecular weight is 564 g/mol. The summed E-state index contributed by atoms with van der Waals surface area (Å²) in [6, 6.07) is 17.4. The van der Waals surface area contributed by atoms with Crippen LogP contribution in [0.5, 0.6) is 5.75 Å². The largest absolute Gasteiger partial charge is 0.494 e. The van der Waals surface area contributed by atoms with Gasteiger partial charge in [0.15, 0.2) is 5.11 Å². The molecule has 2 aliphatic rings. The van der Waals surface area contributed by atoms with E-state index < -0.39 is 10.0 Å². The molecule has 0 bridgehead atoms. The lowest BCUT2D eigenvalue weighted by molar-refractivity contribution is 0.417. The van der Waals surface area contributed by atoms with Gasteiger partial charge in [-0.1, -0.05) is 18.2 Å². The van der Waals surface area contributed by atoms with Crippen LogP contribution < -0.4 is 24.6 Å². The van der Waals surface area contributed by atoms with E-state index in [1.807, 2.05) is 24.3 Å². The smallest absolute Gasteiger partial charge is 0.229 e. The highest BCUT2D eigenvalue weighted by Gasteiger charge is 2.41. The number of nitrogens with zero attached hydrogens (tertiary/aromatic N) is 3. The predicted molar refractivity (Wildman–Crippen MR) is 162 cm³/mol. The van der Waals surface area contributed by atoms with Crippen molar-refractivity contribution in [2.24, 2.45) is 0 Å². The number of pyridine rings is 1. The van der Waals surface area contributed by atoms with E-state index in [1.165, 1.54) is 23.9 Å². The fraction of sp³-hybridized carbons (Fsp3) is 0.310. The maximum absolute atomic E-state index is 11.9. The summed E-state index contributed by atoms with van der Waals surface area (Å²) in [5, 5.41) is 4.03. The zero-order valence-corrected chi connectivity index (χ0v) is 24.5. The van der Waals surface area contributed by atoms with Crippen LogP contribution in [0.15, 0.2) is 66.9 Å². The van der Waals surface area contributed by atoms with Crippen LogP contribution in [-0.2, 0) is 10.0 Å². The van der Waals surface area contributed by atoms with Gasteiger partial charge in [-0.3, -0.25) is 9.71 Å². The summed E-state index contributed by atoms with van der Waals surface area (Å²) in [5.74, 6) is 0.397. The highest BCUT2D eigenvalue weighted by atomic mass is 32.2. The normalized spacial score (nSPS) is 20.3. The van der Waals surface area contributed by atoms with E-state index >= 15 is 0 Å². The fourth-order valence-electron chi connectivity index (χ4n) is 5.45. The van der Waals surface area contributed by atoms with Crippen LogP contribution in [0.1, 0.15) is 49.7 Å². The van der Waals surface area contributed by atoms with Gasteiger partial charge in [-0.05, 0) is 80.5 Å². The van der Waals surface area contributed by atoms with Crippen molar-refractivity contribution in [2.75, 3.05) is 34.9 Å². The van der Waals surface area contributed by atoms with Crippen molar-refractivity contribution in [1.82, 2.24) is 10.3 Å². The Balaban J connectivity index is 1.64. The highest BCUT2D eigenvalue weighted by molar-refractivity contribution is 7.92. The minimum Gasteiger partial charge on any atom is -0.494 e. The molecule has 2 aromatic carbocycles. The van der Waals surface area contributed by atoms with Crippen LogP contribution in [0.2, 0.25) is 0 Å². The Morgan fingerprint density at radius 3 is 2.56 bits per heavy atom. The van der Waals surface area contributed by atoms with Gasteiger partial charge in [0, 0.05) is 36.2 Å². The van der Waals surface area contributed by atoms with Crippen LogP contribution in [0.25, 0.3) is 5.57 Å². The van der Waals surface area contributed by atoms with Crippen molar-refractivity contribution in [1.29, 1.82) is 0 Å². The molecule has 8 nitrogen and oxygen atoms in total. The molecule has 39 heavy (non-hydrogen) atoms. The number of benzene rings is 2. The van der Waals surface area contributed by atoms with Crippen molar-refractivity contribution < 1.29 is 13.2 Å². The van der Waals surface area contributed by atoms with Crippen LogP contribution in [0.4, 0.5) is 17.1 Å². The number of allylic oxidation sites excluding steroid dienone is 1. The molecule has 2 atom stereocenters. The van der Waals surface area contributed by atoms with E-state index in [0.29, 0.717) is 16.5 Å². The number of methoxy groups -OCH3 is 1. The lowest BCUT2D eigenvalue weighted by atomic mass is 9.86. The summed E-state index contributed by atoms with van der Waals surface area (Å²) in [7, 11) is 0.155. The maximum Gasteiger partial charge on any atom is 0.229 e. The molecule has 1 saturated heterocycles. The fourth-order valence-corrected chi connectivity index (χ4v) is 6.36. The van der Waals surface area contributed by atoms with E-state index in [2.05, 4.69) is 76.9 Å². The molecular weight excluding hydrogens is 530 g/mol. The van der Waals surface area contributed by atoms with Crippen LogP contribution in [0, 0.1) is 0 Å². The molecule has 10 heteroatoms. The van der Waals surface area contributed by atoms with Gasteiger partial charge in [0.05, 0.1) is 42.4 Å². The lowest BCUT2D eigenvalue weighted by Gasteiger charge is -2.41. The number of aromatic nitrogens is 1. The highest BCUT2D eigenvalue weighted by Crippen LogP contribution is 2.46. The zero-order chi connectivity index (χ0) is 28.1. The molecule has 0 radical (unpaired) electrons. The first-order valence-electron chi connectivity index (χ1n) is 12.6. The Bertz CT molecular complexity index is 1570. The Morgan fingerprint density at radius 1 is 1.13 bits per heavy atom. The Morgan fingerprint density at radius 2 is 1.90 bits per heavy atom. The number of likely N-dealkylation sites (N-methyl/N-ethyl adjacent to an activating group) is 1. The molecule has 0 amide bonds. The number of hydrogen-bond donors (Lipinski definition) is 2. The van der Waals surface area contributed by atoms with Crippen LogP contribution in [0.3, 0.4) is 0 Å². The number of anilines is 3. The van der Waals surface area contributed by atoms with Crippen molar-refractivity contribution in [3.8, 4) is 5.75 Å². The predicted octanol–water partition coefficient (Wildman–Crippen LogP) is 5.27. The first kappa shape index (κ1) is 27.0. The molecule has 3 heterocycles. The van der Waals surface area contributed by atoms with Gasteiger partial charge >= 0.3 is 0 Å². The lowest BCUT2D eigenvalue weighted by Crippen LogP contribution is -2.42. The van der Waals surface area contributed by atoms with E-state index in [1.54, 1.807) is 18.3 Å². The summed E-state index contributed by atoms with van der Waals surface area (Å²) in [5.41, 5.74) is 6.58. The first-order valence-corrected chi connectivity index (χ1v) is 14.9. The quantitative estimate of drug-likeness (QED) is 0.393. The van der Waals surface area contributed by atoms with Crippen molar-refractivity contribution in [2.45, 2.75) is 38.4 Å². The number of ether oxygens (including phenoxy) is 1. The number of rotatable bonds is 6. The summed E-state index contributed by atoms with van der Waals surface area (Å²) < 4.78 is 31.8. The molecule has 0 aliphatic carbocycles. The van der Waals surface area contributed by atoms with Gasteiger partial charge in [-0.15, -0.1) is 0 Å². The number of hydrogen-bond acceptors (Lipinski definition) is 6. The first-order chi connectivity index (χ1) is 18.4. The van der Waals surface area contributed by atoms with Gasteiger partial charge in [0.2, 0.25) is 10.0 Å². The monoisotopic (exact) mass is 563 g/mol. The molecule has 3 aromatic rings. The minimum atomic E-state index is -3.48. The number of sulfonamides is 1. The van der Waals surface area contributed by atoms with E-state index in [9.17, 15) is 8.42 Å². The molecule has 0 saturated carbocycles.